The summed E-state index contributed by atoms with van der Waals surface area (Å²) in [5, 5.41) is 0. The average Bonchev–Trinajstić information content (AvgIpc) is 2.14. The van der Waals surface area contributed by atoms with Crippen LogP contribution in [-0.4, -0.2) is 32.0 Å². The fourth-order valence-corrected chi connectivity index (χ4v) is 0.945. The molecule has 0 aromatic carbocycles. The van der Waals surface area contributed by atoms with Crippen molar-refractivity contribution in [2.75, 3.05) is 19.8 Å². The molecule has 2 N–H and O–H groups in total. The molecule has 0 bridgehead atoms. The Morgan fingerprint density at radius 2 is 1.86 bits per heavy atom. The molecule has 0 saturated carbocycles. The van der Waals surface area contributed by atoms with Gasteiger partial charge in [0.05, 0.1) is 12.7 Å². The van der Waals surface area contributed by atoms with Gasteiger partial charge in [0.15, 0.2) is 0 Å². The molecule has 3 nitrogen and oxygen atoms in total. The summed E-state index contributed by atoms with van der Waals surface area (Å²) in [6.07, 6.45) is 1.22. The zero-order valence-corrected chi connectivity index (χ0v) is 9.95. The second-order valence-corrected chi connectivity index (χ2v) is 3.97. The maximum atomic E-state index is 5.74. The summed E-state index contributed by atoms with van der Waals surface area (Å²) in [5.41, 5.74) is 5.74. The van der Waals surface area contributed by atoms with Crippen LogP contribution >= 0.6 is 0 Å². The Kier molecular flexibility index (Phi) is 8.14. The van der Waals surface area contributed by atoms with Crippen molar-refractivity contribution in [2.24, 2.45) is 11.7 Å². The monoisotopic (exact) mass is 203 g/mol. The van der Waals surface area contributed by atoms with Crippen LogP contribution in [0, 0.1) is 5.92 Å². The molecule has 3 unspecified atom stereocenters. The van der Waals surface area contributed by atoms with Crippen LogP contribution in [0.15, 0.2) is 0 Å². The van der Waals surface area contributed by atoms with E-state index in [1.807, 2.05) is 13.8 Å². The summed E-state index contributed by atoms with van der Waals surface area (Å²) in [5.74, 6) is 0.421. The largest absolute Gasteiger partial charge is 0.382 e. The lowest BCUT2D eigenvalue weighted by atomic mass is 10.1. The van der Waals surface area contributed by atoms with Gasteiger partial charge in [0.1, 0.15) is 0 Å². The van der Waals surface area contributed by atoms with Crippen LogP contribution in [-0.2, 0) is 9.47 Å². The molecule has 86 valence electrons. The van der Waals surface area contributed by atoms with E-state index in [1.54, 1.807) is 0 Å². The Morgan fingerprint density at radius 1 is 1.21 bits per heavy atom. The third-order valence-corrected chi connectivity index (χ3v) is 2.41. The number of ether oxygens (including phenoxy) is 2. The molecule has 0 aromatic rings. The minimum absolute atomic E-state index is 0.203. The Hall–Kier alpha value is -0.120. The van der Waals surface area contributed by atoms with Gasteiger partial charge in [-0.1, -0.05) is 6.92 Å². The maximum absolute atomic E-state index is 5.74. The lowest BCUT2D eigenvalue weighted by Crippen LogP contribution is -2.29. The van der Waals surface area contributed by atoms with Gasteiger partial charge in [0.2, 0.25) is 0 Å². The summed E-state index contributed by atoms with van der Waals surface area (Å²) in [6.45, 7) is 10.5. The van der Waals surface area contributed by atoms with E-state index in [2.05, 4.69) is 13.8 Å². The smallest absolute Gasteiger partial charge is 0.0569 e. The number of hydrogen-bond donors (Lipinski definition) is 1. The van der Waals surface area contributed by atoms with Gasteiger partial charge < -0.3 is 15.2 Å². The molecule has 0 rings (SSSR count). The highest BCUT2D eigenvalue weighted by Gasteiger charge is 2.09. The highest BCUT2D eigenvalue weighted by atomic mass is 16.5. The van der Waals surface area contributed by atoms with Crippen molar-refractivity contribution >= 4 is 0 Å². The van der Waals surface area contributed by atoms with Gasteiger partial charge in [-0.25, -0.2) is 0 Å². The Labute approximate surface area is 88.0 Å². The molecule has 3 atom stereocenters. The molecule has 14 heavy (non-hydrogen) atoms. The normalized spacial score (nSPS) is 17.8. The standard InChI is InChI=1S/C11H25NO2/c1-5-13-7-6-10(3)14-8-9(2)11(4)12/h9-11H,5-8,12H2,1-4H3. The second kappa shape index (κ2) is 8.21. The third-order valence-electron chi connectivity index (χ3n) is 2.41. The van der Waals surface area contributed by atoms with E-state index in [0.29, 0.717) is 5.92 Å². The summed E-state index contributed by atoms with van der Waals surface area (Å²) in [6, 6.07) is 0.203. The van der Waals surface area contributed by atoms with E-state index in [1.165, 1.54) is 0 Å². The SMILES string of the molecule is CCOCCC(C)OCC(C)C(C)N. The van der Waals surface area contributed by atoms with Gasteiger partial charge >= 0.3 is 0 Å². The number of rotatable bonds is 8. The maximum Gasteiger partial charge on any atom is 0.0569 e. The van der Waals surface area contributed by atoms with Gasteiger partial charge in [-0.3, -0.25) is 0 Å². The zero-order chi connectivity index (χ0) is 11.0. The molecule has 0 aromatic heterocycles. The first kappa shape index (κ1) is 13.9. The molecule has 0 spiro atoms. The van der Waals surface area contributed by atoms with Crippen LogP contribution in [0.25, 0.3) is 0 Å². The average molecular weight is 203 g/mol. The van der Waals surface area contributed by atoms with Crippen LogP contribution in [0.1, 0.15) is 34.1 Å². The highest BCUT2D eigenvalue weighted by molar-refractivity contribution is 4.63. The Balaban J connectivity index is 3.38. The van der Waals surface area contributed by atoms with Gasteiger partial charge in [-0.15, -0.1) is 0 Å². The Bertz CT molecular complexity index is 128. The quantitative estimate of drug-likeness (QED) is 0.612. The van der Waals surface area contributed by atoms with Crippen LogP contribution in [0.4, 0.5) is 0 Å². The summed E-state index contributed by atoms with van der Waals surface area (Å²) < 4.78 is 10.9. The lowest BCUT2D eigenvalue weighted by molar-refractivity contribution is 0.0154. The molecule has 0 aliphatic carbocycles. The Morgan fingerprint density at radius 3 is 2.36 bits per heavy atom. The molecule has 0 saturated heterocycles. The van der Waals surface area contributed by atoms with Crippen molar-refractivity contribution in [1.29, 1.82) is 0 Å². The molecule has 3 heteroatoms. The number of hydrogen-bond acceptors (Lipinski definition) is 3. The predicted octanol–water partition coefficient (Wildman–Crippen LogP) is 1.80. The first-order chi connectivity index (χ1) is 6.57. The predicted molar refractivity (Wildman–Crippen MR) is 59.3 cm³/mol. The van der Waals surface area contributed by atoms with Crippen molar-refractivity contribution in [1.82, 2.24) is 0 Å². The van der Waals surface area contributed by atoms with E-state index in [0.717, 1.165) is 26.2 Å². The van der Waals surface area contributed by atoms with E-state index in [9.17, 15) is 0 Å². The fourth-order valence-electron chi connectivity index (χ4n) is 0.945. The molecule has 0 amide bonds. The lowest BCUT2D eigenvalue weighted by Gasteiger charge is -2.19. The molecule has 0 fully saturated rings. The topological polar surface area (TPSA) is 44.5 Å². The van der Waals surface area contributed by atoms with Crippen molar-refractivity contribution in [3.05, 3.63) is 0 Å². The van der Waals surface area contributed by atoms with Crippen molar-refractivity contribution < 1.29 is 9.47 Å². The van der Waals surface area contributed by atoms with E-state index >= 15 is 0 Å². The molecular weight excluding hydrogens is 178 g/mol. The van der Waals surface area contributed by atoms with Crippen LogP contribution in [0.5, 0.6) is 0 Å². The zero-order valence-electron chi connectivity index (χ0n) is 9.95. The molecule has 0 aliphatic heterocycles. The van der Waals surface area contributed by atoms with E-state index in [-0.39, 0.29) is 12.1 Å². The summed E-state index contributed by atoms with van der Waals surface area (Å²) in [4.78, 5) is 0. The van der Waals surface area contributed by atoms with Crippen LogP contribution in [0.3, 0.4) is 0 Å². The fraction of sp³-hybridized carbons (Fsp3) is 1.00. The van der Waals surface area contributed by atoms with Crippen molar-refractivity contribution in [3.63, 3.8) is 0 Å². The van der Waals surface area contributed by atoms with Crippen molar-refractivity contribution in [2.45, 2.75) is 46.3 Å². The van der Waals surface area contributed by atoms with E-state index in [4.69, 9.17) is 15.2 Å². The minimum Gasteiger partial charge on any atom is -0.382 e. The van der Waals surface area contributed by atoms with Gasteiger partial charge in [-0.2, -0.15) is 0 Å². The number of nitrogens with two attached hydrogens (primary N) is 1. The summed E-state index contributed by atoms with van der Waals surface area (Å²) >= 11 is 0. The third kappa shape index (κ3) is 7.30. The van der Waals surface area contributed by atoms with Crippen LogP contribution in [0.2, 0.25) is 0 Å². The first-order valence-corrected chi connectivity index (χ1v) is 5.52. The first-order valence-electron chi connectivity index (χ1n) is 5.52. The molecule has 0 heterocycles. The molecule has 0 radical (unpaired) electrons. The second-order valence-electron chi connectivity index (χ2n) is 3.97. The minimum atomic E-state index is 0.203. The van der Waals surface area contributed by atoms with Gasteiger partial charge in [0, 0.05) is 19.3 Å². The van der Waals surface area contributed by atoms with Crippen molar-refractivity contribution in [3.8, 4) is 0 Å². The molecular formula is C11H25NO2. The highest BCUT2D eigenvalue weighted by Crippen LogP contribution is 2.05. The van der Waals surface area contributed by atoms with Gasteiger partial charge in [-0.05, 0) is 33.1 Å². The molecule has 0 aliphatic rings. The van der Waals surface area contributed by atoms with Crippen LogP contribution < -0.4 is 5.73 Å². The summed E-state index contributed by atoms with van der Waals surface area (Å²) in [7, 11) is 0. The van der Waals surface area contributed by atoms with E-state index < -0.39 is 0 Å². The van der Waals surface area contributed by atoms with Gasteiger partial charge in [0.25, 0.3) is 0 Å².